The molecule has 244 valence electrons. The van der Waals surface area contributed by atoms with Crippen LogP contribution in [0.2, 0.25) is 0 Å². The number of aliphatic hydroxyl groups is 7. The predicted molar refractivity (Wildman–Crippen MR) is 139 cm³/mol. The topological polar surface area (TPSA) is 234 Å². The molecule has 14 unspecified atom stereocenters. The van der Waals surface area contributed by atoms with Crippen LogP contribution in [-0.2, 0) is 33.2 Å². The maximum Gasteiger partial charge on any atom is 0.332 e. The highest BCUT2D eigenvalue weighted by molar-refractivity contribution is 5.72. The molecule has 4 rings (SSSR count). The van der Waals surface area contributed by atoms with Crippen molar-refractivity contribution in [2.45, 2.75) is 138 Å². The number of hydrogen-bond donors (Lipinski definition) is 8. The molecule has 1 aliphatic carbocycles. The van der Waals surface area contributed by atoms with Crippen LogP contribution >= 0.6 is 0 Å². The van der Waals surface area contributed by atoms with Crippen LogP contribution in [0.3, 0.4) is 0 Å². The fourth-order valence-electron chi connectivity index (χ4n) is 6.22. The lowest BCUT2D eigenvalue weighted by molar-refractivity contribution is -0.356. The number of carbonyl (C=O) groups is 1. The Morgan fingerprint density at radius 2 is 1.45 bits per heavy atom. The largest absolute Gasteiger partial charge is 0.479 e. The summed E-state index contributed by atoms with van der Waals surface area (Å²) < 4.78 is 34.5. The van der Waals surface area contributed by atoms with Crippen LogP contribution in [0.25, 0.3) is 0 Å². The summed E-state index contributed by atoms with van der Waals surface area (Å²) in [5.41, 5.74) is 0. The molecule has 0 radical (unpaired) electrons. The van der Waals surface area contributed by atoms with Crippen LogP contribution in [0.4, 0.5) is 0 Å². The third-order valence-corrected chi connectivity index (χ3v) is 8.75. The number of carboxylic acid groups (broad SMARTS) is 1. The van der Waals surface area contributed by atoms with Crippen LogP contribution in [-0.4, -0.2) is 152 Å². The van der Waals surface area contributed by atoms with E-state index in [9.17, 15) is 45.6 Å². The first kappa shape index (κ1) is 33.8. The van der Waals surface area contributed by atoms with Gasteiger partial charge < -0.3 is 69.3 Å². The minimum absolute atomic E-state index is 0.110. The summed E-state index contributed by atoms with van der Waals surface area (Å²) in [7, 11) is 0. The van der Waals surface area contributed by atoms with E-state index in [1.807, 2.05) is 0 Å². The van der Waals surface area contributed by atoms with Crippen LogP contribution in [0.1, 0.15) is 51.9 Å². The summed E-state index contributed by atoms with van der Waals surface area (Å²) in [5, 5.41) is 82.4. The number of hydrogen-bond acceptors (Lipinski definition) is 14. The van der Waals surface area contributed by atoms with Gasteiger partial charge in [-0.15, -0.1) is 0 Å². The van der Waals surface area contributed by atoms with Gasteiger partial charge in [0.1, 0.15) is 54.9 Å². The van der Waals surface area contributed by atoms with Crippen LogP contribution < -0.4 is 0 Å². The van der Waals surface area contributed by atoms with E-state index in [1.165, 1.54) is 6.92 Å². The fraction of sp³-hybridized carbons (Fsp3) is 0.963. The molecule has 42 heavy (non-hydrogen) atoms. The normalized spacial score (nSPS) is 44.5. The van der Waals surface area contributed by atoms with Gasteiger partial charge >= 0.3 is 5.97 Å². The second-order valence-corrected chi connectivity index (χ2v) is 11.7. The molecule has 1 saturated carbocycles. The molecule has 15 nitrogen and oxygen atoms in total. The van der Waals surface area contributed by atoms with Crippen LogP contribution in [0.5, 0.6) is 0 Å². The summed E-state index contributed by atoms with van der Waals surface area (Å²) in [6.07, 6.45) is -13.6. The van der Waals surface area contributed by atoms with Crippen molar-refractivity contribution in [1.82, 2.24) is 0 Å². The first-order valence-corrected chi connectivity index (χ1v) is 14.8. The van der Waals surface area contributed by atoms with E-state index in [1.54, 1.807) is 0 Å². The van der Waals surface area contributed by atoms with Crippen molar-refractivity contribution < 1.29 is 74.1 Å². The first-order valence-electron chi connectivity index (χ1n) is 14.8. The summed E-state index contributed by atoms with van der Waals surface area (Å²) in [6.45, 7) is 0.393. The highest BCUT2D eigenvalue weighted by atomic mass is 16.7. The van der Waals surface area contributed by atoms with Gasteiger partial charge in [-0.3, -0.25) is 0 Å². The van der Waals surface area contributed by atoms with Gasteiger partial charge in [-0.25, -0.2) is 4.79 Å². The molecule has 0 aromatic carbocycles. The quantitative estimate of drug-likeness (QED) is 0.122. The molecule has 4 aliphatic rings. The van der Waals surface area contributed by atoms with Gasteiger partial charge in [0.2, 0.25) is 0 Å². The van der Waals surface area contributed by atoms with E-state index in [4.69, 9.17) is 28.4 Å². The molecule has 14 atom stereocenters. The number of carboxylic acids is 1. The monoisotopic (exact) mass is 610 g/mol. The fourth-order valence-corrected chi connectivity index (χ4v) is 6.22. The van der Waals surface area contributed by atoms with Gasteiger partial charge in [0.15, 0.2) is 18.7 Å². The van der Waals surface area contributed by atoms with Crippen LogP contribution in [0.15, 0.2) is 0 Å². The average molecular weight is 611 g/mol. The van der Waals surface area contributed by atoms with Gasteiger partial charge in [0.05, 0.1) is 25.4 Å². The number of aliphatic hydroxyl groups excluding tert-OH is 7. The maximum absolute atomic E-state index is 12.1. The molecular formula is C27H46O15. The minimum atomic E-state index is -1.68. The van der Waals surface area contributed by atoms with Crippen molar-refractivity contribution in [3.05, 3.63) is 0 Å². The summed E-state index contributed by atoms with van der Waals surface area (Å²) in [6, 6.07) is 0. The molecule has 0 amide bonds. The Kier molecular flexibility index (Phi) is 12.3. The molecule has 0 aromatic heterocycles. The molecule has 3 saturated heterocycles. The zero-order valence-corrected chi connectivity index (χ0v) is 23.7. The van der Waals surface area contributed by atoms with Crippen molar-refractivity contribution >= 4 is 5.97 Å². The van der Waals surface area contributed by atoms with E-state index in [0.717, 1.165) is 32.1 Å². The van der Waals surface area contributed by atoms with Gasteiger partial charge in [0, 0.05) is 6.61 Å². The Morgan fingerprint density at radius 1 is 0.786 bits per heavy atom. The summed E-state index contributed by atoms with van der Waals surface area (Å²) in [4.78, 5) is 12.1. The lowest BCUT2D eigenvalue weighted by Gasteiger charge is -2.47. The first-order chi connectivity index (χ1) is 20.0. The number of rotatable bonds is 11. The second-order valence-electron chi connectivity index (χ2n) is 11.7. The third kappa shape index (κ3) is 7.77. The van der Waals surface area contributed by atoms with Gasteiger partial charge in [0.25, 0.3) is 0 Å². The van der Waals surface area contributed by atoms with E-state index in [0.29, 0.717) is 0 Å². The Labute approximate surface area is 243 Å². The summed E-state index contributed by atoms with van der Waals surface area (Å²) >= 11 is 0. The molecule has 4 fully saturated rings. The van der Waals surface area contributed by atoms with Crippen molar-refractivity contribution in [3.63, 3.8) is 0 Å². The Balaban J connectivity index is 1.49. The Bertz CT molecular complexity index is 842. The molecule has 0 aromatic rings. The average Bonchev–Trinajstić information content (AvgIpc) is 2.98. The van der Waals surface area contributed by atoms with Crippen LogP contribution in [0, 0.1) is 5.92 Å². The summed E-state index contributed by atoms with van der Waals surface area (Å²) in [5.74, 6) is -1.11. The highest BCUT2D eigenvalue weighted by Crippen LogP contribution is 2.34. The van der Waals surface area contributed by atoms with E-state index in [2.05, 4.69) is 0 Å². The molecule has 3 aliphatic heterocycles. The Hall–Kier alpha value is -1.05. The maximum atomic E-state index is 12.1. The Morgan fingerprint density at radius 3 is 2.10 bits per heavy atom. The van der Waals surface area contributed by atoms with Gasteiger partial charge in [-0.05, 0) is 25.7 Å². The number of aliphatic carboxylic acids is 1. The SMILES string of the molecule is CC1OC(OC2C(CO)OCCC2OC2OC(CO)C(O)C(OC(CC3CCCCC3)C(=O)O)C2O)C(O)C(O)C1O. The van der Waals surface area contributed by atoms with Crippen molar-refractivity contribution in [3.8, 4) is 0 Å². The van der Waals surface area contributed by atoms with E-state index in [-0.39, 0.29) is 25.4 Å². The van der Waals surface area contributed by atoms with E-state index < -0.39 is 105 Å². The van der Waals surface area contributed by atoms with Gasteiger partial charge in [-0.1, -0.05) is 32.1 Å². The smallest absolute Gasteiger partial charge is 0.332 e. The lowest BCUT2D eigenvalue weighted by Crippen LogP contribution is -2.63. The number of ether oxygens (including phenoxy) is 6. The molecule has 0 spiro atoms. The molecule has 0 bridgehead atoms. The van der Waals surface area contributed by atoms with E-state index >= 15 is 0 Å². The standard InChI is InChI=1S/C27H46O15/c1-12-18(30)20(32)21(33)26(38-12)42-23-14(7-8-37-17(23)11-29)40-27-22(34)24(19(31)16(10-28)41-27)39-15(25(35)36)9-13-5-3-2-4-6-13/h12-24,26-34H,2-11H2,1H3,(H,35,36). The van der Waals surface area contributed by atoms with Gasteiger partial charge in [-0.2, -0.15) is 0 Å². The molecular weight excluding hydrogens is 564 g/mol. The highest BCUT2D eigenvalue weighted by Gasteiger charge is 2.51. The second kappa shape index (κ2) is 15.3. The van der Waals surface area contributed by atoms with Crippen molar-refractivity contribution in [2.24, 2.45) is 5.92 Å². The molecule has 8 N–H and O–H groups in total. The third-order valence-electron chi connectivity index (χ3n) is 8.75. The molecule has 15 heteroatoms. The van der Waals surface area contributed by atoms with Crippen molar-refractivity contribution in [1.29, 1.82) is 0 Å². The molecule has 3 heterocycles. The predicted octanol–water partition coefficient (Wildman–Crippen LogP) is -2.39. The van der Waals surface area contributed by atoms with Crippen molar-refractivity contribution in [2.75, 3.05) is 19.8 Å². The lowest BCUT2D eigenvalue weighted by atomic mass is 9.85. The zero-order valence-electron chi connectivity index (χ0n) is 23.7. The minimum Gasteiger partial charge on any atom is -0.479 e. The zero-order chi connectivity index (χ0) is 30.6.